The highest BCUT2D eigenvalue weighted by molar-refractivity contribution is 9.09. The molecule has 0 unspecified atom stereocenters. The molecule has 0 fully saturated rings. The molecule has 0 aliphatic rings. The van der Waals surface area contributed by atoms with Crippen molar-refractivity contribution in [2.45, 2.75) is 30.9 Å². The average molecular weight is 537 g/mol. The Balaban J connectivity index is 1.53. The molecule has 8 heteroatoms. The van der Waals surface area contributed by atoms with Gasteiger partial charge in [0.1, 0.15) is 23.0 Å². The number of hydrogen-bond acceptors (Lipinski definition) is 5. The molecule has 0 bridgehead atoms. The lowest BCUT2D eigenvalue weighted by atomic mass is 9.85. The summed E-state index contributed by atoms with van der Waals surface area (Å²) in [6.45, 7) is 5.09. The lowest BCUT2D eigenvalue weighted by molar-refractivity contribution is -0.0803. The number of alkyl halides is 3. The quantitative estimate of drug-likeness (QED) is 0.180. The molecule has 0 radical (unpaired) electrons. The summed E-state index contributed by atoms with van der Waals surface area (Å²) < 4.78 is 52.5. The van der Waals surface area contributed by atoms with E-state index in [-0.39, 0.29) is 18.0 Å². The van der Waals surface area contributed by atoms with E-state index in [1.165, 1.54) is 12.1 Å². The van der Waals surface area contributed by atoms with Gasteiger partial charge in [0, 0.05) is 28.5 Å². The maximum absolute atomic E-state index is 12.9. The highest BCUT2D eigenvalue weighted by atomic mass is 79.9. The van der Waals surface area contributed by atoms with Crippen LogP contribution in [-0.2, 0) is 21.5 Å². The lowest BCUT2D eigenvalue weighted by Gasteiger charge is -2.25. The van der Waals surface area contributed by atoms with Gasteiger partial charge in [-0.2, -0.15) is 8.78 Å². The van der Waals surface area contributed by atoms with Crippen molar-refractivity contribution in [2.24, 2.45) is 0 Å². The molecular formula is C26H27BrF2O5. The highest BCUT2D eigenvalue weighted by Gasteiger charge is 2.27. The first-order valence-corrected chi connectivity index (χ1v) is 11.4. The third kappa shape index (κ3) is 8.27. The maximum Gasteiger partial charge on any atom is 0.459 e. The molecule has 3 rings (SSSR count). The van der Waals surface area contributed by atoms with Crippen molar-refractivity contribution in [1.29, 1.82) is 0 Å². The number of benzene rings is 3. The van der Waals surface area contributed by atoms with Crippen LogP contribution in [0.25, 0.3) is 0 Å². The van der Waals surface area contributed by atoms with Crippen molar-refractivity contribution < 1.29 is 32.5 Å². The minimum atomic E-state index is -3.40. The smallest absolute Gasteiger partial charge is 0.459 e. The molecule has 0 saturated carbocycles. The zero-order valence-electron chi connectivity index (χ0n) is 19.2. The highest BCUT2D eigenvalue weighted by Crippen LogP contribution is 2.30. The Morgan fingerprint density at radius 3 is 2.12 bits per heavy atom. The first-order chi connectivity index (χ1) is 16.1. The topological polar surface area (TPSA) is 46.2 Å². The second kappa shape index (κ2) is 11.6. The number of halogens is 3. The third-order valence-electron chi connectivity index (χ3n) is 4.90. The molecule has 0 heterocycles. The van der Waals surface area contributed by atoms with Gasteiger partial charge in [-0.15, -0.1) is 0 Å². The first kappa shape index (κ1) is 25.9. The molecule has 3 aromatic carbocycles. The van der Waals surface area contributed by atoms with Crippen molar-refractivity contribution in [3.63, 3.8) is 0 Å². The number of rotatable bonds is 12. The monoisotopic (exact) mass is 536 g/mol. The minimum absolute atomic E-state index is 0.0799. The summed E-state index contributed by atoms with van der Waals surface area (Å²) in [4.78, 5) is 0. The van der Waals surface area contributed by atoms with E-state index in [4.69, 9.17) is 18.9 Å². The van der Waals surface area contributed by atoms with E-state index in [2.05, 4.69) is 20.7 Å². The Bertz CT molecular complexity index is 1030. The van der Waals surface area contributed by atoms with Crippen LogP contribution in [0.1, 0.15) is 25.0 Å². The molecule has 0 saturated heterocycles. The van der Waals surface area contributed by atoms with Crippen LogP contribution in [-0.4, -0.2) is 25.5 Å². The molecule has 34 heavy (non-hydrogen) atoms. The van der Waals surface area contributed by atoms with Crippen LogP contribution in [0.3, 0.4) is 0 Å². The third-order valence-corrected chi connectivity index (χ3v) is 5.06. The Hall–Kier alpha value is -2.68. The summed E-state index contributed by atoms with van der Waals surface area (Å²) in [5, 5.41) is -3.40. The molecule has 0 aliphatic heterocycles. The molecule has 0 aromatic heterocycles. The summed E-state index contributed by atoms with van der Waals surface area (Å²) in [6.07, 6.45) is 0. The van der Waals surface area contributed by atoms with Crippen molar-refractivity contribution >= 4 is 15.9 Å². The molecule has 0 aliphatic carbocycles. The van der Waals surface area contributed by atoms with Gasteiger partial charge in [-0.3, -0.25) is 0 Å². The van der Waals surface area contributed by atoms with Gasteiger partial charge >= 0.3 is 5.02 Å². The van der Waals surface area contributed by atoms with E-state index in [1.807, 2.05) is 62.4 Å². The van der Waals surface area contributed by atoms with E-state index < -0.39 is 5.02 Å². The fourth-order valence-corrected chi connectivity index (χ4v) is 3.37. The SMILES string of the molecule is COCOc1ccc(Oc2cccc(COCC(C)(C)c3ccc(OC(F)(F)Br)cc3)c2)cc1. The zero-order valence-corrected chi connectivity index (χ0v) is 20.8. The van der Waals surface area contributed by atoms with E-state index in [9.17, 15) is 8.78 Å². The molecule has 0 amide bonds. The van der Waals surface area contributed by atoms with Crippen LogP contribution < -0.4 is 14.2 Å². The van der Waals surface area contributed by atoms with E-state index >= 15 is 0 Å². The summed E-state index contributed by atoms with van der Waals surface area (Å²) >= 11 is 2.17. The Labute approximate surface area is 206 Å². The number of ether oxygens (including phenoxy) is 5. The summed E-state index contributed by atoms with van der Waals surface area (Å²) in [5.74, 6) is 2.16. The first-order valence-electron chi connectivity index (χ1n) is 10.6. The van der Waals surface area contributed by atoms with Gasteiger partial charge in [-0.1, -0.05) is 38.1 Å². The summed E-state index contributed by atoms with van der Waals surface area (Å²) in [7, 11) is 1.57. The van der Waals surface area contributed by atoms with Gasteiger partial charge in [0.2, 0.25) is 0 Å². The second-order valence-electron chi connectivity index (χ2n) is 8.22. The van der Waals surface area contributed by atoms with Gasteiger partial charge in [0.05, 0.1) is 13.2 Å². The molecule has 0 atom stereocenters. The predicted octanol–water partition coefficient (Wildman–Crippen LogP) is 7.28. The lowest BCUT2D eigenvalue weighted by Crippen LogP contribution is -2.24. The number of hydrogen-bond donors (Lipinski definition) is 0. The van der Waals surface area contributed by atoms with Crippen LogP contribution >= 0.6 is 15.9 Å². The van der Waals surface area contributed by atoms with Gasteiger partial charge in [0.15, 0.2) is 6.79 Å². The van der Waals surface area contributed by atoms with Gasteiger partial charge in [0.25, 0.3) is 0 Å². The largest absolute Gasteiger partial charge is 0.468 e. The van der Waals surface area contributed by atoms with Crippen molar-refractivity contribution in [1.82, 2.24) is 0 Å². The van der Waals surface area contributed by atoms with E-state index in [0.29, 0.717) is 30.5 Å². The maximum atomic E-state index is 12.9. The van der Waals surface area contributed by atoms with Crippen molar-refractivity contribution in [3.05, 3.63) is 83.9 Å². The van der Waals surface area contributed by atoms with Gasteiger partial charge in [-0.05, 0) is 59.7 Å². The zero-order chi connectivity index (χ0) is 24.6. The van der Waals surface area contributed by atoms with Crippen LogP contribution in [0.4, 0.5) is 8.78 Å². The van der Waals surface area contributed by atoms with E-state index in [0.717, 1.165) is 11.1 Å². The minimum Gasteiger partial charge on any atom is -0.468 e. The molecule has 3 aromatic rings. The molecular weight excluding hydrogens is 510 g/mol. The normalized spacial score (nSPS) is 11.8. The molecule has 0 N–H and O–H groups in total. The van der Waals surface area contributed by atoms with Crippen LogP contribution in [0.5, 0.6) is 23.0 Å². The van der Waals surface area contributed by atoms with Crippen LogP contribution in [0.2, 0.25) is 0 Å². The predicted molar refractivity (Wildman–Crippen MR) is 129 cm³/mol. The Morgan fingerprint density at radius 2 is 1.47 bits per heavy atom. The Morgan fingerprint density at radius 1 is 0.824 bits per heavy atom. The van der Waals surface area contributed by atoms with Gasteiger partial charge in [-0.25, -0.2) is 0 Å². The van der Waals surface area contributed by atoms with Crippen LogP contribution in [0.15, 0.2) is 72.8 Å². The fraction of sp³-hybridized carbons (Fsp3) is 0.308. The molecule has 0 spiro atoms. The van der Waals surface area contributed by atoms with Crippen molar-refractivity contribution in [2.75, 3.05) is 20.5 Å². The number of methoxy groups -OCH3 is 1. The van der Waals surface area contributed by atoms with Gasteiger partial charge < -0.3 is 23.7 Å². The standard InChI is InChI=1S/C26H27BrF2O5/c1-25(2,20-7-9-23(10-8-20)34-26(27,28)29)17-31-16-19-5-4-6-24(15-19)33-22-13-11-21(12-14-22)32-18-30-3/h4-15H,16-18H2,1-3H3. The summed E-state index contributed by atoms with van der Waals surface area (Å²) in [6, 6.07) is 21.5. The molecule has 5 nitrogen and oxygen atoms in total. The van der Waals surface area contributed by atoms with Crippen molar-refractivity contribution in [3.8, 4) is 23.0 Å². The Kier molecular flexibility index (Phi) is 8.88. The summed E-state index contributed by atoms with van der Waals surface area (Å²) in [5.41, 5.74) is 1.60. The second-order valence-corrected chi connectivity index (χ2v) is 9.14. The van der Waals surface area contributed by atoms with Crippen LogP contribution in [0, 0.1) is 0 Å². The van der Waals surface area contributed by atoms with E-state index in [1.54, 1.807) is 19.2 Å². The fourth-order valence-electron chi connectivity index (χ4n) is 3.18. The molecule has 182 valence electrons. The average Bonchev–Trinajstić information content (AvgIpc) is 2.78.